The number of nitrogens with zero attached hydrogens (tertiary/aromatic N) is 1. The Labute approximate surface area is 164 Å². The van der Waals surface area contributed by atoms with Gasteiger partial charge in [0.1, 0.15) is 0 Å². The molecule has 4 heteroatoms. The Bertz CT molecular complexity index is 1160. The third-order valence-electron chi connectivity index (χ3n) is 4.52. The molecule has 0 bridgehead atoms. The molecule has 0 atom stereocenters. The van der Waals surface area contributed by atoms with Crippen molar-refractivity contribution in [1.82, 2.24) is 0 Å². The first-order valence-electron chi connectivity index (χ1n) is 8.55. The van der Waals surface area contributed by atoms with E-state index in [0.717, 1.165) is 42.9 Å². The molecule has 0 fully saturated rings. The van der Waals surface area contributed by atoms with Gasteiger partial charge in [0.2, 0.25) is 0 Å². The first-order valence-corrected chi connectivity index (χ1v) is 10.3. The molecule has 4 rings (SSSR count). The summed E-state index contributed by atoms with van der Waals surface area (Å²) < 4.78 is 12.1. The van der Waals surface area contributed by atoms with Crippen molar-refractivity contribution >= 4 is 41.0 Å². The van der Waals surface area contributed by atoms with Crippen LogP contribution in [-0.2, 0) is 4.74 Å². The molecule has 0 amide bonds. The van der Waals surface area contributed by atoms with Crippen LogP contribution in [0.4, 0.5) is 0 Å². The molecule has 4 aromatic carbocycles. The standard InChI is InChI=1S/C23H17NO2Se/c1-25-15-26-20-12-10-16-6-2-4-8-18(16)22(20)23-19-9-5-3-7-17(19)11-13-21(23)27-14-24/h2-13H,15H2,1H3. The maximum absolute atomic E-state index is 9.41. The van der Waals surface area contributed by atoms with Gasteiger partial charge in [0.05, 0.1) is 0 Å². The quantitative estimate of drug-likeness (QED) is 0.355. The Balaban J connectivity index is 2.12. The van der Waals surface area contributed by atoms with Gasteiger partial charge in [-0.1, -0.05) is 0 Å². The molecule has 27 heavy (non-hydrogen) atoms. The molecule has 132 valence electrons. The zero-order chi connectivity index (χ0) is 18.6. The van der Waals surface area contributed by atoms with Crippen molar-refractivity contribution in [1.29, 1.82) is 5.26 Å². The number of ether oxygens (including phenoxy) is 2. The van der Waals surface area contributed by atoms with Gasteiger partial charge in [0.15, 0.2) is 0 Å². The summed E-state index contributed by atoms with van der Waals surface area (Å²) in [7, 11) is 1.61. The molecule has 0 aliphatic carbocycles. The molecule has 0 aromatic heterocycles. The predicted molar refractivity (Wildman–Crippen MR) is 110 cm³/mol. The summed E-state index contributed by atoms with van der Waals surface area (Å²) in [5.41, 5.74) is 2.10. The van der Waals surface area contributed by atoms with Crippen LogP contribution in [0.2, 0.25) is 0 Å². The van der Waals surface area contributed by atoms with E-state index in [9.17, 15) is 5.26 Å². The minimum atomic E-state index is -0.283. The topological polar surface area (TPSA) is 42.2 Å². The van der Waals surface area contributed by atoms with E-state index in [0.29, 0.717) is 0 Å². The van der Waals surface area contributed by atoms with E-state index in [4.69, 9.17) is 9.47 Å². The Kier molecular flexibility index (Phi) is 5.09. The Morgan fingerprint density at radius 1 is 0.815 bits per heavy atom. The van der Waals surface area contributed by atoms with E-state index in [1.165, 1.54) is 0 Å². The molecular weight excluding hydrogens is 401 g/mol. The molecular formula is C23H17NO2Se. The number of methoxy groups -OCH3 is 1. The van der Waals surface area contributed by atoms with Crippen molar-refractivity contribution in [2.45, 2.75) is 0 Å². The Hall–Kier alpha value is -2.83. The second-order valence-electron chi connectivity index (χ2n) is 6.06. The molecule has 0 radical (unpaired) electrons. The van der Waals surface area contributed by atoms with E-state index >= 15 is 0 Å². The number of benzene rings is 4. The fourth-order valence-corrected chi connectivity index (χ4v) is 4.55. The molecule has 0 spiro atoms. The zero-order valence-electron chi connectivity index (χ0n) is 14.8. The zero-order valence-corrected chi connectivity index (χ0v) is 16.5. The van der Waals surface area contributed by atoms with E-state index in [1.54, 1.807) is 7.11 Å². The van der Waals surface area contributed by atoms with Gasteiger partial charge in [-0.2, -0.15) is 0 Å². The minimum absolute atomic E-state index is 0.175. The van der Waals surface area contributed by atoms with Crippen LogP contribution >= 0.6 is 0 Å². The molecule has 0 aliphatic heterocycles. The number of fused-ring (bicyclic) bond motifs is 2. The average molecular weight is 418 g/mol. The molecule has 4 aromatic rings. The number of hydrogen-bond acceptors (Lipinski definition) is 3. The van der Waals surface area contributed by atoms with E-state index in [1.807, 2.05) is 30.3 Å². The molecule has 0 aliphatic rings. The van der Waals surface area contributed by atoms with Gasteiger partial charge in [0, 0.05) is 0 Å². The van der Waals surface area contributed by atoms with Crippen molar-refractivity contribution < 1.29 is 9.47 Å². The molecule has 0 heterocycles. The first-order chi connectivity index (χ1) is 13.3. The first kappa shape index (κ1) is 17.6. The van der Waals surface area contributed by atoms with Gasteiger partial charge in [-0.25, -0.2) is 0 Å². The fraction of sp³-hybridized carbons (Fsp3) is 0.0870. The van der Waals surface area contributed by atoms with Gasteiger partial charge < -0.3 is 0 Å². The third-order valence-corrected chi connectivity index (χ3v) is 5.89. The third kappa shape index (κ3) is 3.29. The van der Waals surface area contributed by atoms with Crippen molar-refractivity contribution in [3.05, 3.63) is 72.8 Å². The van der Waals surface area contributed by atoms with E-state index < -0.39 is 0 Å². The van der Waals surface area contributed by atoms with Gasteiger partial charge in [-0.05, 0) is 0 Å². The second-order valence-corrected chi connectivity index (χ2v) is 7.80. The molecule has 0 unspecified atom stereocenters. The SMILES string of the molecule is COCOc1ccc2ccccc2c1-c1c([Se]C#N)ccc2ccccc12. The number of hydrogen-bond donors (Lipinski definition) is 0. The van der Waals surface area contributed by atoms with Crippen LogP contribution in [-0.4, -0.2) is 28.9 Å². The van der Waals surface area contributed by atoms with Crippen molar-refractivity contribution in [2.24, 2.45) is 0 Å². The van der Waals surface area contributed by atoms with E-state index in [2.05, 4.69) is 47.4 Å². The molecule has 3 nitrogen and oxygen atoms in total. The fourth-order valence-electron chi connectivity index (χ4n) is 3.40. The summed E-state index contributed by atoms with van der Waals surface area (Å²) in [5, 5.41) is 13.9. The van der Waals surface area contributed by atoms with Crippen molar-refractivity contribution in [2.75, 3.05) is 13.9 Å². The molecule has 0 saturated heterocycles. The van der Waals surface area contributed by atoms with Crippen LogP contribution in [0.25, 0.3) is 32.7 Å². The molecule has 0 N–H and O–H groups in total. The van der Waals surface area contributed by atoms with Crippen LogP contribution in [0.15, 0.2) is 72.8 Å². The van der Waals surface area contributed by atoms with Crippen molar-refractivity contribution in [3.63, 3.8) is 0 Å². The van der Waals surface area contributed by atoms with Crippen molar-refractivity contribution in [3.8, 4) is 21.8 Å². The summed E-state index contributed by atoms with van der Waals surface area (Å²) in [6.45, 7) is 0.175. The summed E-state index contributed by atoms with van der Waals surface area (Å²) in [6.07, 6.45) is 0. The summed E-state index contributed by atoms with van der Waals surface area (Å²) in [6, 6.07) is 24.8. The van der Waals surface area contributed by atoms with Crippen LogP contribution in [0, 0.1) is 10.2 Å². The van der Waals surface area contributed by atoms with Crippen LogP contribution in [0.3, 0.4) is 0 Å². The van der Waals surface area contributed by atoms with Crippen LogP contribution in [0.5, 0.6) is 5.75 Å². The second kappa shape index (κ2) is 7.82. The summed E-state index contributed by atoms with van der Waals surface area (Å²) in [4.78, 5) is 2.37. The molecule has 0 saturated carbocycles. The van der Waals surface area contributed by atoms with Gasteiger partial charge in [-0.3, -0.25) is 0 Å². The van der Waals surface area contributed by atoms with Gasteiger partial charge in [0.25, 0.3) is 0 Å². The number of rotatable bonds is 5. The average Bonchev–Trinajstić information content (AvgIpc) is 2.72. The maximum atomic E-state index is 9.41. The van der Waals surface area contributed by atoms with E-state index in [-0.39, 0.29) is 21.7 Å². The Morgan fingerprint density at radius 2 is 1.44 bits per heavy atom. The normalized spacial score (nSPS) is 10.8. The monoisotopic (exact) mass is 419 g/mol. The predicted octanol–water partition coefficient (Wildman–Crippen LogP) is 4.45. The van der Waals surface area contributed by atoms with Crippen LogP contribution < -0.4 is 9.20 Å². The number of nitriles is 1. The van der Waals surface area contributed by atoms with Crippen LogP contribution in [0.1, 0.15) is 0 Å². The summed E-state index contributed by atoms with van der Waals surface area (Å²) >= 11 is -0.283. The van der Waals surface area contributed by atoms with Gasteiger partial charge >= 0.3 is 164 Å². The summed E-state index contributed by atoms with van der Waals surface area (Å²) in [5.74, 6) is 0.766. The van der Waals surface area contributed by atoms with Gasteiger partial charge in [-0.15, -0.1) is 0 Å². The Morgan fingerprint density at radius 3 is 2.11 bits per heavy atom.